The first-order chi connectivity index (χ1) is 10.3. The third-order valence-corrected chi connectivity index (χ3v) is 3.10. The standard InChI is InChI=1S/C14H14ClN5O2/c1-14(2,3)22-13(21)16-10-6-8-4-5-9(15)7-11(8)20-12(10)17-18-19-20/h4-7H,1-3H3,(H,16,21). The summed E-state index contributed by atoms with van der Waals surface area (Å²) in [6.07, 6.45) is -0.564. The minimum absolute atomic E-state index is 0.417. The molecule has 7 nitrogen and oxygen atoms in total. The van der Waals surface area contributed by atoms with Crippen LogP contribution in [0.4, 0.5) is 10.5 Å². The monoisotopic (exact) mass is 319 g/mol. The molecule has 1 N–H and O–H groups in total. The number of carbonyl (C=O) groups excluding carboxylic acids is 1. The van der Waals surface area contributed by atoms with E-state index < -0.39 is 11.7 Å². The number of ether oxygens (including phenoxy) is 1. The van der Waals surface area contributed by atoms with Crippen molar-refractivity contribution in [2.24, 2.45) is 0 Å². The lowest BCUT2D eigenvalue weighted by Gasteiger charge is -2.19. The van der Waals surface area contributed by atoms with Crippen molar-refractivity contribution < 1.29 is 9.53 Å². The third kappa shape index (κ3) is 2.80. The van der Waals surface area contributed by atoms with Crippen LogP contribution < -0.4 is 5.32 Å². The van der Waals surface area contributed by atoms with Crippen molar-refractivity contribution in [2.75, 3.05) is 5.32 Å². The van der Waals surface area contributed by atoms with Crippen LogP contribution in [0.25, 0.3) is 16.6 Å². The summed E-state index contributed by atoms with van der Waals surface area (Å²) in [6, 6.07) is 7.13. The van der Waals surface area contributed by atoms with Crippen molar-refractivity contribution in [1.82, 2.24) is 20.0 Å². The number of tetrazole rings is 1. The minimum atomic E-state index is -0.587. The van der Waals surface area contributed by atoms with Crippen molar-refractivity contribution in [2.45, 2.75) is 26.4 Å². The first kappa shape index (κ1) is 14.5. The van der Waals surface area contributed by atoms with Crippen molar-refractivity contribution in [3.05, 3.63) is 29.3 Å². The number of benzene rings is 1. The van der Waals surface area contributed by atoms with Crippen LogP contribution in [-0.4, -0.2) is 31.7 Å². The predicted molar refractivity (Wildman–Crippen MR) is 83.2 cm³/mol. The smallest absolute Gasteiger partial charge is 0.412 e. The summed E-state index contributed by atoms with van der Waals surface area (Å²) in [5.41, 5.74) is 1.05. The number of carbonyl (C=O) groups is 1. The van der Waals surface area contributed by atoms with E-state index in [-0.39, 0.29) is 0 Å². The minimum Gasteiger partial charge on any atom is -0.444 e. The van der Waals surface area contributed by atoms with Crippen molar-refractivity contribution in [3.63, 3.8) is 0 Å². The molecule has 1 amide bonds. The Morgan fingerprint density at radius 3 is 2.82 bits per heavy atom. The van der Waals surface area contributed by atoms with Gasteiger partial charge >= 0.3 is 6.09 Å². The topological polar surface area (TPSA) is 81.4 Å². The largest absolute Gasteiger partial charge is 0.444 e. The second-order valence-electron chi connectivity index (χ2n) is 5.80. The Bertz CT molecular complexity index is 869. The van der Waals surface area contributed by atoms with Gasteiger partial charge in [0.15, 0.2) is 0 Å². The Balaban J connectivity index is 2.07. The Morgan fingerprint density at radius 2 is 2.09 bits per heavy atom. The van der Waals surface area contributed by atoms with Crippen LogP contribution in [0, 0.1) is 0 Å². The molecule has 0 aliphatic heterocycles. The molecular weight excluding hydrogens is 306 g/mol. The average Bonchev–Trinajstić information content (AvgIpc) is 2.87. The SMILES string of the molecule is CC(C)(C)OC(=O)Nc1cc2ccc(Cl)cc2n2nnnc12. The fourth-order valence-electron chi connectivity index (χ4n) is 2.07. The van der Waals surface area contributed by atoms with E-state index in [1.54, 1.807) is 39.0 Å². The Kier molecular flexibility index (Phi) is 3.37. The summed E-state index contributed by atoms with van der Waals surface area (Å²) in [7, 11) is 0. The number of halogens is 1. The maximum atomic E-state index is 12.0. The molecule has 2 heterocycles. The van der Waals surface area contributed by atoms with Gasteiger partial charge in [-0.1, -0.05) is 17.7 Å². The second-order valence-corrected chi connectivity index (χ2v) is 6.24. The number of anilines is 1. The molecule has 0 saturated heterocycles. The lowest BCUT2D eigenvalue weighted by atomic mass is 10.2. The van der Waals surface area contributed by atoms with E-state index in [9.17, 15) is 4.79 Å². The molecule has 0 aliphatic rings. The number of hydrogen-bond donors (Lipinski definition) is 1. The number of hydrogen-bond acceptors (Lipinski definition) is 5. The molecule has 0 radical (unpaired) electrons. The van der Waals surface area contributed by atoms with Crippen LogP contribution in [0.1, 0.15) is 20.8 Å². The molecule has 0 unspecified atom stereocenters. The van der Waals surface area contributed by atoms with Gasteiger partial charge in [0.1, 0.15) is 5.60 Å². The lowest BCUT2D eigenvalue weighted by Crippen LogP contribution is -2.27. The lowest BCUT2D eigenvalue weighted by molar-refractivity contribution is 0.0636. The van der Waals surface area contributed by atoms with Gasteiger partial charge in [-0.15, -0.1) is 5.10 Å². The number of fused-ring (bicyclic) bond motifs is 3. The van der Waals surface area contributed by atoms with Gasteiger partial charge in [-0.05, 0) is 49.4 Å². The van der Waals surface area contributed by atoms with Crippen LogP contribution >= 0.6 is 11.6 Å². The molecule has 0 bridgehead atoms. The maximum Gasteiger partial charge on any atom is 0.412 e. The van der Waals surface area contributed by atoms with E-state index in [4.69, 9.17) is 16.3 Å². The first-order valence-electron chi connectivity index (χ1n) is 6.64. The molecule has 0 fully saturated rings. The van der Waals surface area contributed by atoms with E-state index in [2.05, 4.69) is 20.8 Å². The summed E-state index contributed by atoms with van der Waals surface area (Å²) >= 11 is 6.01. The van der Waals surface area contributed by atoms with Crippen LogP contribution in [0.3, 0.4) is 0 Å². The average molecular weight is 320 g/mol. The van der Waals surface area contributed by atoms with Gasteiger partial charge in [0, 0.05) is 10.4 Å². The zero-order valence-corrected chi connectivity index (χ0v) is 13.0. The van der Waals surface area contributed by atoms with Gasteiger partial charge in [-0.3, -0.25) is 5.32 Å². The molecular formula is C14H14ClN5O2. The molecule has 2 aromatic heterocycles. The molecule has 8 heteroatoms. The molecule has 0 spiro atoms. The molecule has 1 aromatic carbocycles. The maximum absolute atomic E-state index is 12.0. The summed E-state index contributed by atoms with van der Waals surface area (Å²) in [5.74, 6) is 0. The summed E-state index contributed by atoms with van der Waals surface area (Å²) in [4.78, 5) is 12.0. The zero-order valence-electron chi connectivity index (χ0n) is 12.3. The van der Waals surface area contributed by atoms with Crippen LogP contribution in [0.15, 0.2) is 24.3 Å². The third-order valence-electron chi connectivity index (χ3n) is 2.87. The summed E-state index contributed by atoms with van der Waals surface area (Å²) in [5, 5.41) is 15.6. The highest BCUT2D eigenvalue weighted by molar-refractivity contribution is 6.31. The highest BCUT2D eigenvalue weighted by Gasteiger charge is 2.18. The quantitative estimate of drug-likeness (QED) is 0.744. The Labute approximate surface area is 131 Å². The molecule has 22 heavy (non-hydrogen) atoms. The van der Waals surface area contributed by atoms with Gasteiger partial charge in [0.25, 0.3) is 0 Å². The first-order valence-corrected chi connectivity index (χ1v) is 7.02. The van der Waals surface area contributed by atoms with Crippen LogP contribution in [-0.2, 0) is 4.74 Å². The molecule has 0 saturated carbocycles. The van der Waals surface area contributed by atoms with E-state index >= 15 is 0 Å². The number of amides is 1. The van der Waals surface area contributed by atoms with Crippen molar-refractivity contribution in [3.8, 4) is 0 Å². The molecule has 0 aliphatic carbocycles. The summed E-state index contributed by atoms with van der Waals surface area (Å²) in [6.45, 7) is 5.38. The van der Waals surface area contributed by atoms with E-state index in [0.717, 1.165) is 10.9 Å². The van der Waals surface area contributed by atoms with Gasteiger partial charge in [0.2, 0.25) is 5.65 Å². The Morgan fingerprint density at radius 1 is 1.32 bits per heavy atom. The second kappa shape index (κ2) is 5.10. The fourth-order valence-corrected chi connectivity index (χ4v) is 2.23. The molecule has 3 rings (SSSR count). The number of pyridine rings is 1. The van der Waals surface area contributed by atoms with Gasteiger partial charge in [-0.25, -0.2) is 4.79 Å². The van der Waals surface area contributed by atoms with E-state index in [0.29, 0.717) is 16.4 Å². The van der Waals surface area contributed by atoms with Crippen molar-refractivity contribution >= 4 is 39.9 Å². The zero-order chi connectivity index (χ0) is 15.9. The fraction of sp³-hybridized carbons (Fsp3) is 0.286. The van der Waals surface area contributed by atoms with Crippen molar-refractivity contribution in [1.29, 1.82) is 0 Å². The number of nitrogens with zero attached hydrogens (tertiary/aromatic N) is 4. The van der Waals surface area contributed by atoms with Crippen LogP contribution in [0.2, 0.25) is 5.02 Å². The predicted octanol–water partition coefficient (Wildman–Crippen LogP) is 3.28. The molecule has 3 aromatic rings. The Hall–Kier alpha value is -2.41. The highest BCUT2D eigenvalue weighted by Crippen LogP contribution is 2.25. The normalized spacial score (nSPS) is 11.8. The molecule has 114 valence electrons. The number of aromatic nitrogens is 4. The van der Waals surface area contributed by atoms with Gasteiger partial charge < -0.3 is 4.74 Å². The van der Waals surface area contributed by atoms with Gasteiger partial charge in [0.05, 0.1) is 11.2 Å². The van der Waals surface area contributed by atoms with Gasteiger partial charge in [-0.2, -0.15) is 4.52 Å². The highest BCUT2D eigenvalue weighted by atomic mass is 35.5. The molecule has 0 atom stereocenters. The van der Waals surface area contributed by atoms with E-state index in [1.807, 2.05) is 6.07 Å². The van der Waals surface area contributed by atoms with E-state index in [1.165, 1.54) is 4.52 Å². The number of rotatable bonds is 1. The van der Waals surface area contributed by atoms with Crippen LogP contribution in [0.5, 0.6) is 0 Å². The summed E-state index contributed by atoms with van der Waals surface area (Å²) < 4.78 is 6.77. The number of nitrogens with one attached hydrogen (secondary N) is 1.